The molecule has 2 aromatic carbocycles. The van der Waals surface area contributed by atoms with Crippen LogP contribution in [0.1, 0.15) is 73.4 Å². The Morgan fingerprint density at radius 2 is 1.86 bits per heavy atom. The molecule has 2 fully saturated rings. The molecular weight excluding hydrogens is 639 g/mol. The zero-order valence-corrected chi connectivity index (χ0v) is 29.2. The zero-order valence-electron chi connectivity index (χ0n) is 29.2. The standard InChI is InChI=1S/C38H45FN6O5/c1-38(2,3)50-37(46)26-8-9-32-34(19-26)44(22-29-12-16-48-29)35(41-32)23-43-13-10-25(11-14-43)31-6-5-7-36(42-31)49-24-28-20-33-27(18-30(28)39)21-40-45(33)15-17-47-4/h5-9,18-21,25,29H,10-17,22-24H2,1-4H3/t29-/m0/s1. The molecule has 11 nitrogen and oxygen atoms in total. The van der Waals surface area contributed by atoms with Gasteiger partial charge < -0.3 is 23.5 Å². The first-order valence-electron chi connectivity index (χ1n) is 17.4. The maximum Gasteiger partial charge on any atom is 0.338 e. The molecule has 0 amide bonds. The van der Waals surface area contributed by atoms with E-state index < -0.39 is 5.60 Å². The minimum atomic E-state index is -0.571. The van der Waals surface area contributed by atoms with Crippen molar-refractivity contribution in [1.29, 1.82) is 0 Å². The second kappa shape index (κ2) is 14.5. The van der Waals surface area contributed by atoms with Gasteiger partial charge in [0.1, 0.15) is 23.8 Å². The highest BCUT2D eigenvalue weighted by atomic mass is 19.1. The lowest BCUT2D eigenvalue weighted by atomic mass is 9.93. The molecular formula is C38H45FN6O5. The molecule has 5 heterocycles. The van der Waals surface area contributed by atoms with Gasteiger partial charge in [-0.05, 0) is 89.5 Å². The summed E-state index contributed by atoms with van der Waals surface area (Å²) in [6, 6.07) is 14.7. The largest absolute Gasteiger partial charge is 0.473 e. The lowest BCUT2D eigenvalue weighted by Crippen LogP contribution is -2.35. The number of carbonyl (C=O) groups excluding carboxylic acids is 1. The van der Waals surface area contributed by atoms with Crippen molar-refractivity contribution in [3.63, 3.8) is 0 Å². The monoisotopic (exact) mass is 684 g/mol. The number of nitrogens with zero attached hydrogens (tertiary/aromatic N) is 6. The molecule has 1 atom stereocenters. The van der Waals surface area contributed by atoms with Crippen LogP contribution in [0.4, 0.5) is 4.39 Å². The molecule has 0 bridgehead atoms. The fourth-order valence-electron chi connectivity index (χ4n) is 6.68. The highest BCUT2D eigenvalue weighted by Crippen LogP contribution is 2.30. The van der Waals surface area contributed by atoms with Crippen molar-refractivity contribution in [2.75, 3.05) is 33.4 Å². The lowest BCUT2D eigenvalue weighted by molar-refractivity contribution is -0.0592. The molecule has 2 aliphatic heterocycles. The number of fused-ring (bicyclic) bond motifs is 2. The SMILES string of the molecule is COCCn1ncc2cc(F)c(COc3cccc(C4CCN(Cc5nc6ccc(C(=O)OC(C)(C)C)cc6n5C[C@@H]5CCO5)CC4)n3)cc21. The van der Waals surface area contributed by atoms with Gasteiger partial charge in [0.25, 0.3) is 0 Å². The Morgan fingerprint density at radius 1 is 1.04 bits per heavy atom. The predicted molar refractivity (Wildman–Crippen MR) is 187 cm³/mol. The van der Waals surface area contributed by atoms with E-state index in [-0.39, 0.29) is 30.4 Å². The number of rotatable bonds is 12. The number of likely N-dealkylation sites (tertiary alicyclic amines) is 1. The summed E-state index contributed by atoms with van der Waals surface area (Å²) in [4.78, 5) is 25.1. The van der Waals surface area contributed by atoms with Gasteiger partial charge in [-0.25, -0.2) is 19.2 Å². The molecule has 3 aromatic heterocycles. The first kappa shape index (κ1) is 34.1. The summed E-state index contributed by atoms with van der Waals surface area (Å²) in [6.07, 6.45) is 4.71. The maximum atomic E-state index is 14.9. The summed E-state index contributed by atoms with van der Waals surface area (Å²) in [6.45, 7) is 10.8. The molecule has 0 N–H and O–H groups in total. The molecule has 2 saturated heterocycles. The number of halogens is 1. The zero-order chi connectivity index (χ0) is 34.8. The van der Waals surface area contributed by atoms with Gasteiger partial charge in [-0.2, -0.15) is 5.10 Å². The predicted octanol–water partition coefficient (Wildman–Crippen LogP) is 6.27. The second-order valence-electron chi connectivity index (χ2n) is 14.2. The number of aromatic nitrogens is 5. The summed E-state index contributed by atoms with van der Waals surface area (Å²) >= 11 is 0. The molecule has 7 rings (SSSR count). The number of pyridine rings is 1. The van der Waals surface area contributed by atoms with Crippen molar-refractivity contribution < 1.29 is 28.1 Å². The fourth-order valence-corrected chi connectivity index (χ4v) is 6.68. The van der Waals surface area contributed by atoms with Gasteiger partial charge in [-0.3, -0.25) is 9.58 Å². The highest BCUT2D eigenvalue weighted by Gasteiger charge is 2.27. The summed E-state index contributed by atoms with van der Waals surface area (Å²) in [5.74, 6) is 1.07. The molecule has 0 radical (unpaired) electrons. The van der Waals surface area contributed by atoms with Crippen molar-refractivity contribution in [3.8, 4) is 5.88 Å². The van der Waals surface area contributed by atoms with Gasteiger partial charge in [-0.1, -0.05) is 6.07 Å². The summed E-state index contributed by atoms with van der Waals surface area (Å²) in [5, 5.41) is 5.10. The molecule has 2 aliphatic rings. The van der Waals surface area contributed by atoms with E-state index >= 15 is 0 Å². The Bertz CT molecular complexity index is 1970. The third kappa shape index (κ3) is 7.67. The number of imidazole rings is 1. The Balaban J connectivity index is 1.000. The minimum Gasteiger partial charge on any atom is -0.473 e. The molecule has 50 heavy (non-hydrogen) atoms. The van der Waals surface area contributed by atoms with Crippen LogP contribution in [0.3, 0.4) is 0 Å². The Labute approximate surface area is 291 Å². The number of benzene rings is 2. The lowest BCUT2D eigenvalue weighted by Gasteiger charge is -2.32. The van der Waals surface area contributed by atoms with Gasteiger partial charge in [-0.15, -0.1) is 0 Å². The molecule has 0 unspecified atom stereocenters. The van der Waals surface area contributed by atoms with E-state index in [2.05, 4.69) is 20.6 Å². The quantitative estimate of drug-likeness (QED) is 0.141. The molecule has 5 aromatic rings. The minimum absolute atomic E-state index is 0.0678. The van der Waals surface area contributed by atoms with Gasteiger partial charge in [0.2, 0.25) is 5.88 Å². The number of carbonyl (C=O) groups is 1. The number of ether oxygens (including phenoxy) is 4. The van der Waals surface area contributed by atoms with E-state index in [1.807, 2.05) is 49.7 Å². The number of piperidine rings is 1. The topological polar surface area (TPSA) is 106 Å². The van der Waals surface area contributed by atoms with E-state index in [1.54, 1.807) is 25.4 Å². The average Bonchev–Trinajstić information content (AvgIpc) is 3.63. The van der Waals surface area contributed by atoms with Crippen LogP contribution in [0.25, 0.3) is 21.9 Å². The number of hydrogen-bond acceptors (Lipinski definition) is 9. The van der Waals surface area contributed by atoms with Crippen molar-refractivity contribution in [3.05, 3.63) is 83.2 Å². The Kier molecular flexibility index (Phi) is 9.85. The normalized spacial score (nSPS) is 17.3. The highest BCUT2D eigenvalue weighted by molar-refractivity contribution is 5.94. The summed E-state index contributed by atoms with van der Waals surface area (Å²) < 4.78 is 41.6. The molecule has 264 valence electrons. The molecule has 0 saturated carbocycles. The van der Waals surface area contributed by atoms with E-state index in [0.717, 1.165) is 72.4 Å². The van der Waals surface area contributed by atoms with E-state index in [1.165, 1.54) is 6.07 Å². The van der Waals surface area contributed by atoms with Crippen molar-refractivity contribution in [2.24, 2.45) is 0 Å². The number of methoxy groups -OCH3 is 1. The number of esters is 1. The van der Waals surface area contributed by atoms with Crippen LogP contribution in [-0.2, 0) is 40.5 Å². The summed E-state index contributed by atoms with van der Waals surface area (Å²) in [7, 11) is 1.65. The molecule has 0 spiro atoms. The van der Waals surface area contributed by atoms with Crippen LogP contribution in [0.2, 0.25) is 0 Å². The third-order valence-corrected chi connectivity index (χ3v) is 9.45. The van der Waals surface area contributed by atoms with Gasteiger partial charge in [0.05, 0.1) is 60.7 Å². The number of hydrogen-bond donors (Lipinski definition) is 0. The van der Waals surface area contributed by atoms with Gasteiger partial charge in [0.15, 0.2) is 0 Å². The third-order valence-electron chi connectivity index (χ3n) is 9.45. The Hall–Kier alpha value is -4.39. The molecule has 0 aliphatic carbocycles. The second-order valence-corrected chi connectivity index (χ2v) is 14.2. The van der Waals surface area contributed by atoms with Crippen molar-refractivity contribution >= 4 is 27.9 Å². The molecule has 12 heteroatoms. The van der Waals surface area contributed by atoms with Crippen LogP contribution in [0, 0.1) is 5.82 Å². The van der Waals surface area contributed by atoms with Crippen molar-refractivity contribution in [1.82, 2.24) is 29.2 Å². The fraction of sp³-hybridized carbons (Fsp3) is 0.474. The van der Waals surface area contributed by atoms with Crippen LogP contribution in [0.15, 0.2) is 54.7 Å². The first-order valence-corrected chi connectivity index (χ1v) is 17.4. The van der Waals surface area contributed by atoms with Crippen LogP contribution >= 0.6 is 0 Å². The van der Waals surface area contributed by atoms with Crippen LogP contribution in [0.5, 0.6) is 5.88 Å². The average molecular weight is 685 g/mol. The summed E-state index contributed by atoms with van der Waals surface area (Å²) in [5.41, 5.74) is 4.01. The van der Waals surface area contributed by atoms with Crippen molar-refractivity contribution in [2.45, 2.75) is 83.9 Å². The van der Waals surface area contributed by atoms with E-state index in [9.17, 15) is 9.18 Å². The van der Waals surface area contributed by atoms with E-state index in [4.69, 9.17) is 28.9 Å². The smallest absolute Gasteiger partial charge is 0.338 e. The maximum absolute atomic E-state index is 14.9. The first-order chi connectivity index (χ1) is 24.1. The van der Waals surface area contributed by atoms with Crippen LogP contribution in [-0.4, -0.2) is 80.3 Å². The van der Waals surface area contributed by atoms with Gasteiger partial charge in [0, 0.05) is 42.3 Å². The van der Waals surface area contributed by atoms with Gasteiger partial charge >= 0.3 is 5.97 Å². The van der Waals surface area contributed by atoms with Crippen LogP contribution < -0.4 is 4.74 Å². The van der Waals surface area contributed by atoms with E-state index in [0.29, 0.717) is 43.2 Å². The Morgan fingerprint density at radius 3 is 2.60 bits per heavy atom.